The fourth-order valence-electron chi connectivity index (χ4n) is 1.78. The molecule has 19 heavy (non-hydrogen) atoms. The van der Waals surface area contributed by atoms with E-state index in [1.807, 2.05) is 6.92 Å². The summed E-state index contributed by atoms with van der Waals surface area (Å²) in [6.45, 7) is 1.23. The van der Waals surface area contributed by atoms with Gasteiger partial charge in [-0.25, -0.2) is 0 Å². The third-order valence-corrected chi connectivity index (χ3v) is 2.80. The molecule has 0 fully saturated rings. The van der Waals surface area contributed by atoms with Crippen LogP contribution in [0.25, 0.3) is 0 Å². The van der Waals surface area contributed by atoms with Crippen LogP contribution in [0.3, 0.4) is 0 Å². The maximum absolute atomic E-state index is 12.0. The van der Waals surface area contributed by atoms with Crippen molar-refractivity contribution in [1.29, 1.82) is 0 Å². The molecule has 0 aromatic heterocycles. The van der Waals surface area contributed by atoms with Gasteiger partial charge >= 0.3 is 6.61 Å². The van der Waals surface area contributed by atoms with Crippen LogP contribution < -0.4 is 10.1 Å². The third-order valence-electron chi connectivity index (χ3n) is 2.80. The van der Waals surface area contributed by atoms with Crippen molar-refractivity contribution in [3.63, 3.8) is 0 Å². The zero-order valence-electron chi connectivity index (χ0n) is 11.2. The molecule has 2 nitrogen and oxygen atoms in total. The lowest BCUT2D eigenvalue weighted by molar-refractivity contribution is -0.0498. The number of rotatable bonds is 7. The second-order valence-corrected chi connectivity index (χ2v) is 4.52. The van der Waals surface area contributed by atoms with Gasteiger partial charge in [0.15, 0.2) is 0 Å². The van der Waals surface area contributed by atoms with Crippen molar-refractivity contribution < 1.29 is 13.5 Å². The summed E-state index contributed by atoms with van der Waals surface area (Å²) in [5, 5.41) is 3.28. The van der Waals surface area contributed by atoms with Crippen LogP contribution in [0.2, 0.25) is 0 Å². The number of alkyl halides is 2. The van der Waals surface area contributed by atoms with Crippen molar-refractivity contribution >= 4 is 0 Å². The van der Waals surface area contributed by atoms with Crippen molar-refractivity contribution in [2.75, 3.05) is 0 Å². The fraction of sp³-hybridized carbons (Fsp3) is 0.467. The highest BCUT2D eigenvalue weighted by atomic mass is 19.3. The van der Waals surface area contributed by atoms with E-state index >= 15 is 0 Å². The lowest BCUT2D eigenvalue weighted by atomic mass is 10.1. The van der Waals surface area contributed by atoms with Gasteiger partial charge in [0, 0.05) is 6.04 Å². The normalized spacial score (nSPS) is 13.9. The molecule has 0 amide bonds. The summed E-state index contributed by atoms with van der Waals surface area (Å²) in [7, 11) is 0. The van der Waals surface area contributed by atoms with Crippen LogP contribution in [0.5, 0.6) is 5.75 Å². The molecule has 0 saturated carbocycles. The van der Waals surface area contributed by atoms with Crippen molar-refractivity contribution in [3.05, 3.63) is 29.8 Å². The molecule has 2 atom stereocenters. The number of hydrogen-bond donors (Lipinski definition) is 1. The summed E-state index contributed by atoms with van der Waals surface area (Å²) >= 11 is 0. The van der Waals surface area contributed by atoms with Crippen LogP contribution in [0.15, 0.2) is 24.3 Å². The van der Waals surface area contributed by atoms with E-state index in [4.69, 9.17) is 6.42 Å². The number of hydrogen-bond acceptors (Lipinski definition) is 2. The number of nitrogens with one attached hydrogen (secondary N) is 1. The average molecular weight is 267 g/mol. The largest absolute Gasteiger partial charge is 0.435 e. The summed E-state index contributed by atoms with van der Waals surface area (Å²) < 4.78 is 28.3. The first-order valence-electron chi connectivity index (χ1n) is 6.27. The molecule has 0 aliphatic rings. The van der Waals surface area contributed by atoms with Crippen LogP contribution in [0.1, 0.15) is 25.8 Å². The Hall–Kier alpha value is -1.60. The van der Waals surface area contributed by atoms with Gasteiger partial charge in [-0.3, -0.25) is 0 Å². The SMILES string of the molecule is C#CC(C)NC(C)CCc1ccc(OC(F)F)cc1. The second-order valence-electron chi connectivity index (χ2n) is 4.52. The van der Waals surface area contributed by atoms with Gasteiger partial charge in [-0.1, -0.05) is 18.1 Å². The Labute approximate surface area is 113 Å². The summed E-state index contributed by atoms with van der Waals surface area (Å²) in [5.41, 5.74) is 1.09. The Kier molecular flexibility index (Phi) is 6.31. The number of aryl methyl sites for hydroxylation is 1. The number of benzene rings is 1. The molecule has 2 unspecified atom stereocenters. The molecule has 0 aliphatic heterocycles. The number of ether oxygens (including phenoxy) is 1. The van der Waals surface area contributed by atoms with Gasteiger partial charge in [0.1, 0.15) is 5.75 Å². The van der Waals surface area contributed by atoms with Crippen molar-refractivity contribution in [2.45, 2.75) is 45.4 Å². The Morgan fingerprint density at radius 1 is 1.26 bits per heavy atom. The van der Waals surface area contributed by atoms with Gasteiger partial charge in [0.2, 0.25) is 0 Å². The first-order valence-corrected chi connectivity index (χ1v) is 6.27. The van der Waals surface area contributed by atoms with Crippen LogP contribution in [-0.4, -0.2) is 18.7 Å². The van der Waals surface area contributed by atoms with E-state index in [1.54, 1.807) is 24.3 Å². The molecule has 1 N–H and O–H groups in total. The fourth-order valence-corrected chi connectivity index (χ4v) is 1.78. The number of terminal acetylenes is 1. The summed E-state index contributed by atoms with van der Waals surface area (Å²) in [6, 6.07) is 7.08. The van der Waals surface area contributed by atoms with Crippen LogP contribution >= 0.6 is 0 Å². The van der Waals surface area contributed by atoms with Crippen molar-refractivity contribution in [2.24, 2.45) is 0 Å². The zero-order valence-corrected chi connectivity index (χ0v) is 11.2. The van der Waals surface area contributed by atoms with E-state index in [0.29, 0.717) is 6.04 Å². The minimum Gasteiger partial charge on any atom is -0.435 e. The van der Waals surface area contributed by atoms with Crippen molar-refractivity contribution in [1.82, 2.24) is 5.32 Å². The Bertz CT molecular complexity index is 411. The molecule has 0 saturated heterocycles. The molecule has 0 radical (unpaired) electrons. The molecular formula is C15H19F2NO. The minimum absolute atomic E-state index is 0.0526. The topological polar surface area (TPSA) is 21.3 Å². The molecule has 1 aromatic rings. The highest BCUT2D eigenvalue weighted by Crippen LogP contribution is 2.16. The Balaban J connectivity index is 2.39. The summed E-state index contributed by atoms with van der Waals surface area (Å²) in [4.78, 5) is 0. The third kappa shape index (κ3) is 6.21. The Morgan fingerprint density at radius 2 is 1.89 bits per heavy atom. The van der Waals surface area contributed by atoms with Crippen LogP contribution in [0, 0.1) is 12.3 Å². The lowest BCUT2D eigenvalue weighted by Crippen LogP contribution is -2.33. The predicted octanol–water partition coefficient (Wildman–Crippen LogP) is 3.22. The molecule has 0 heterocycles. The molecule has 1 aromatic carbocycles. The first kappa shape index (κ1) is 15.5. The molecule has 0 aliphatic carbocycles. The van der Waals surface area contributed by atoms with Gasteiger partial charge in [-0.05, 0) is 44.4 Å². The van der Waals surface area contributed by atoms with E-state index in [0.717, 1.165) is 18.4 Å². The standard InChI is InChI=1S/C15H19F2NO/c1-4-11(2)18-12(3)5-6-13-7-9-14(10-8-13)19-15(16)17/h1,7-12,15,18H,5-6H2,2-3H3. The maximum Gasteiger partial charge on any atom is 0.387 e. The van der Waals surface area contributed by atoms with E-state index in [-0.39, 0.29) is 11.8 Å². The smallest absolute Gasteiger partial charge is 0.387 e. The highest BCUT2D eigenvalue weighted by Gasteiger charge is 2.06. The van der Waals surface area contributed by atoms with Gasteiger partial charge < -0.3 is 10.1 Å². The molecule has 104 valence electrons. The lowest BCUT2D eigenvalue weighted by Gasteiger charge is -2.16. The predicted molar refractivity (Wildman–Crippen MR) is 72.3 cm³/mol. The van der Waals surface area contributed by atoms with E-state index in [9.17, 15) is 8.78 Å². The van der Waals surface area contributed by atoms with Crippen LogP contribution in [-0.2, 0) is 6.42 Å². The van der Waals surface area contributed by atoms with E-state index < -0.39 is 6.61 Å². The molecule has 0 spiro atoms. The summed E-state index contributed by atoms with van der Waals surface area (Å²) in [5.74, 6) is 2.81. The second kappa shape index (κ2) is 7.75. The van der Waals surface area contributed by atoms with Gasteiger partial charge in [0.05, 0.1) is 6.04 Å². The van der Waals surface area contributed by atoms with Gasteiger partial charge in [-0.2, -0.15) is 8.78 Å². The molecule has 1 rings (SSSR count). The number of halogens is 2. The quantitative estimate of drug-likeness (QED) is 0.766. The van der Waals surface area contributed by atoms with Crippen LogP contribution in [0.4, 0.5) is 8.78 Å². The van der Waals surface area contributed by atoms with Crippen molar-refractivity contribution in [3.8, 4) is 18.1 Å². The zero-order chi connectivity index (χ0) is 14.3. The van der Waals surface area contributed by atoms with E-state index in [2.05, 4.69) is 22.9 Å². The molecular weight excluding hydrogens is 248 g/mol. The average Bonchev–Trinajstić information content (AvgIpc) is 2.37. The summed E-state index contributed by atoms with van der Waals surface area (Å²) in [6.07, 6.45) is 7.09. The van der Waals surface area contributed by atoms with E-state index in [1.165, 1.54) is 0 Å². The minimum atomic E-state index is -2.78. The Morgan fingerprint density at radius 3 is 2.42 bits per heavy atom. The van der Waals surface area contributed by atoms with Gasteiger partial charge in [-0.15, -0.1) is 6.42 Å². The molecule has 4 heteroatoms. The maximum atomic E-state index is 12.0. The van der Waals surface area contributed by atoms with Gasteiger partial charge in [0.25, 0.3) is 0 Å². The monoisotopic (exact) mass is 267 g/mol. The highest BCUT2D eigenvalue weighted by molar-refractivity contribution is 5.27. The molecule has 0 bridgehead atoms. The first-order chi connectivity index (χ1) is 9.01.